The highest BCUT2D eigenvalue weighted by molar-refractivity contribution is 5.42. The number of halogens is 2. The normalized spacial score (nSPS) is 9.83. The second-order valence-corrected chi connectivity index (χ2v) is 3.60. The summed E-state index contributed by atoms with van der Waals surface area (Å²) in [6.07, 6.45) is 0. The summed E-state index contributed by atoms with van der Waals surface area (Å²) in [6.45, 7) is -0.253. The highest BCUT2D eigenvalue weighted by Gasteiger charge is 2.10. The number of nitrogens with zero attached hydrogens (tertiary/aromatic N) is 1. The van der Waals surface area contributed by atoms with Crippen molar-refractivity contribution in [3.05, 3.63) is 65.2 Å². The molecule has 90 valence electrons. The lowest BCUT2D eigenvalue weighted by Crippen LogP contribution is -2.02. The van der Waals surface area contributed by atoms with E-state index in [2.05, 4.69) is 0 Å². The monoisotopic (exact) mass is 245 g/mol. The SMILES string of the molecule is N#Cc1ccccc1OCc1c(F)cccc1F. The number of nitriles is 1. The molecular formula is C14H9F2NO. The number of ether oxygens (including phenoxy) is 1. The van der Waals surface area contributed by atoms with Gasteiger partial charge in [0.1, 0.15) is 30.1 Å². The molecule has 2 aromatic rings. The summed E-state index contributed by atoms with van der Waals surface area (Å²) in [7, 11) is 0. The van der Waals surface area contributed by atoms with Crippen LogP contribution in [0.15, 0.2) is 42.5 Å². The van der Waals surface area contributed by atoms with Crippen LogP contribution >= 0.6 is 0 Å². The molecule has 0 radical (unpaired) electrons. The molecule has 0 aliphatic rings. The zero-order valence-electron chi connectivity index (χ0n) is 9.36. The number of rotatable bonds is 3. The van der Waals surface area contributed by atoms with Crippen molar-refractivity contribution in [3.8, 4) is 11.8 Å². The predicted octanol–water partition coefficient (Wildman–Crippen LogP) is 3.42. The lowest BCUT2D eigenvalue weighted by atomic mass is 10.2. The number of hydrogen-bond acceptors (Lipinski definition) is 2. The fraction of sp³-hybridized carbons (Fsp3) is 0.0714. The largest absolute Gasteiger partial charge is 0.487 e. The van der Waals surface area contributed by atoms with Crippen LogP contribution in [-0.4, -0.2) is 0 Å². The minimum Gasteiger partial charge on any atom is -0.487 e. The summed E-state index contributed by atoms with van der Waals surface area (Å²) in [4.78, 5) is 0. The second kappa shape index (κ2) is 5.28. The number of hydrogen-bond donors (Lipinski definition) is 0. The molecule has 0 amide bonds. The van der Waals surface area contributed by atoms with Gasteiger partial charge in [0, 0.05) is 0 Å². The van der Waals surface area contributed by atoms with E-state index in [4.69, 9.17) is 10.00 Å². The topological polar surface area (TPSA) is 33.0 Å². The lowest BCUT2D eigenvalue weighted by Gasteiger charge is -2.09. The first-order chi connectivity index (χ1) is 8.72. The molecule has 2 rings (SSSR count). The van der Waals surface area contributed by atoms with Crippen molar-refractivity contribution < 1.29 is 13.5 Å². The smallest absolute Gasteiger partial charge is 0.137 e. The number of para-hydroxylation sites is 1. The van der Waals surface area contributed by atoms with Crippen LogP contribution in [0.3, 0.4) is 0 Å². The zero-order chi connectivity index (χ0) is 13.0. The average molecular weight is 245 g/mol. The Morgan fingerprint density at radius 2 is 1.67 bits per heavy atom. The highest BCUT2D eigenvalue weighted by Crippen LogP contribution is 2.20. The van der Waals surface area contributed by atoms with E-state index in [9.17, 15) is 8.78 Å². The molecule has 18 heavy (non-hydrogen) atoms. The third-order valence-corrected chi connectivity index (χ3v) is 2.44. The molecule has 0 spiro atoms. The standard InChI is InChI=1S/C14H9F2NO/c15-12-5-3-6-13(16)11(12)9-18-14-7-2-1-4-10(14)8-17/h1-7H,9H2. The molecule has 0 aromatic heterocycles. The highest BCUT2D eigenvalue weighted by atomic mass is 19.1. The average Bonchev–Trinajstić information content (AvgIpc) is 2.38. The van der Waals surface area contributed by atoms with Crippen LogP contribution in [0.5, 0.6) is 5.75 Å². The van der Waals surface area contributed by atoms with Gasteiger partial charge in [-0.05, 0) is 24.3 Å². The minimum absolute atomic E-state index is 0.148. The predicted molar refractivity (Wildman–Crippen MR) is 61.8 cm³/mol. The minimum atomic E-state index is -0.663. The zero-order valence-corrected chi connectivity index (χ0v) is 9.36. The van der Waals surface area contributed by atoms with Gasteiger partial charge in [-0.3, -0.25) is 0 Å². The molecule has 0 N–H and O–H groups in total. The van der Waals surface area contributed by atoms with E-state index < -0.39 is 11.6 Å². The Hall–Kier alpha value is -2.41. The van der Waals surface area contributed by atoms with Crippen LogP contribution in [-0.2, 0) is 6.61 Å². The maximum absolute atomic E-state index is 13.4. The van der Waals surface area contributed by atoms with Crippen LogP contribution in [0.1, 0.15) is 11.1 Å². The molecule has 0 bridgehead atoms. The summed E-state index contributed by atoms with van der Waals surface area (Å²) in [5, 5.41) is 8.85. The van der Waals surface area contributed by atoms with Crippen molar-refractivity contribution in [1.29, 1.82) is 5.26 Å². The van der Waals surface area contributed by atoms with Gasteiger partial charge >= 0.3 is 0 Å². The van der Waals surface area contributed by atoms with Crippen LogP contribution in [0, 0.1) is 23.0 Å². The van der Waals surface area contributed by atoms with Crippen LogP contribution < -0.4 is 4.74 Å². The summed E-state index contributed by atoms with van der Waals surface area (Å²) >= 11 is 0. The summed E-state index contributed by atoms with van der Waals surface area (Å²) in [6, 6.07) is 12.1. The first-order valence-corrected chi connectivity index (χ1v) is 5.27. The van der Waals surface area contributed by atoms with E-state index in [-0.39, 0.29) is 12.2 Å². The molecule has 0 unspecified atom stereocenters. The third kappa shape index (κ3) is 2.46. The molecular weight excluding hydrogens is 236 g/mol. The van der Waals surface area contributed by atoms with Crippen LogP contribution in [0.2, 0.25) is 0 Å². The van der Waals surface area contributed by atoms with E-state index in [1.165, 1.54) is 6.07 Å². The molecule has 0 aliphatic heterocycles. The van der Waals surface area contributed by atoms with Gasteiger partial charge in [-0.1, -0.05) is 18.2 Å². The maximum Gasteiger partial charge on any atom is 0.137 e. The van der Waals surface area contributed by atoms with Crippen molar-refractivity contribution in [2.45, 2.75) is 6.61 Å². The van der Waals surface area contributed by atoms with Crippen LogP contribution in [0.25, 0.3) is 0 Å². The summed E-state index contributed by atoms with van der Waals surface area (Å²) < 4.78 is 32.0. The number of benzene rings is 2. The van der Waals surface area contributed by atoms with Gasteiger partial charge in [0.25, 0.3) is 0 Å². The first-order valence-electron chi connectivity index (χ1n) is 5.27. The van der Waals surface area contributed by atoms with E-state index >= 15 is 0 Å². The van der Waals surface area contributed by atoms with Gasteiger partial charge in [-0.25, -0.2) is 8.78 Å². The molecule has 2 nitrogen and oxygen atoms in total. The summed E-state index contributed by atoms with van der Waals surface area (Å²) in [5.41, 5.74) is 0.180. The summed E-state index contributed by atoms with van der Waals surface area (Å²) in [5.74, 6) is -1.02. The molecule has 0 aliphatic carbocycles. The molecule has 0 atom stereocenters. The van der Waals surface area contributed by atoms with E-state index in [0.29, 0.717) is 11.3 Å². The second-order valence-electron chi connectivity index (χ2n) is 3.60. The Kier molecular flexibility index (Phi) is 3.54. The Labute approximate surface area is 103 Å². The quantitative estimate of drug-likeness (QED) is 0.830. The van der Waals surface area contributed by atoms with E-state index in [1.807, 2.05) is 6.07 Å². The molecule has 0 fully saturated rings. The fourth-order valence-electron chi connectivity index (χ4n) is 1.51. The fourth-order valence-corrected chi connectivity index (χ4v) is 1.51. The van der Waals surface area contributed by atoms with E-state index in [1.54, 1.807) is 24.3 Å². The maximum atomic E-state index is 13.4. The Balaban J connectivity index is 2.20. The molecule has 0 saturated carbocycles. The van der Waals surface area contributed by atoms with Crippen molar-refractivity contribution in [1.82, 2.24) is 0 Å². The Morgan fingerprint density at radius 3 is 2.33 bits per heavy atom. The van der Waals surface area contributed by atoms with Crippen LogP contribution in [0.4, 0.5) is 8.78 Å². The van der Waals surface area contributed by atoms with Gasteiger partial charge in [-0.2, -0.15) is 5.26 Å². The van der Waals surface area contributed by atoms with Crippen molar-refractivity contribution in [2.24, 2.45) is 0 Å². The first kappa shape index (κ1) is 12.1. The van der Waals surface area contributed by atoms with Gasteiger partial charge in [0.2, 0.25) is 0 Å². The molecule has 0 saturated heterocycles. The van der Waals surface area contributed by atoms with E-state index in [0.717, 1.165) is 12.1 Å². The van der Waals surface area contributed by atoms with Crippen molar-refractivity contribution in [3.63, 3.8) is 0 Å². The molecule has 4 heteroatoms. The lowest BCUT2D eigenvalue weighted by molar-refractivity contribution is 0.291. The van der Waals surface area contributed by atoms with Gasteiger partial charge in [0.05, 0.1) is 11.1 Å². The molecule has 2 aromatic carbocycles. The van der Waals surface area contributed by atoms with Crippen molar-refractivity contribution >= 4 is 0 Å². The third-order valence-electron chi connectivity index (χ3n) is 2.44. The van der Waals surface area contributed by atoms with Gasteiger partial charge < -0.3 is 4.74 Å². The molecule has 0 heterocycles. The Bertz CT molecular complexity index is 585. The Morgan fingerprint density at radius 1 is 1.00 bits per heavy atom. The van der Waals surface area contributed by atoms with Gasteiger partial charge in [0.15, 0.2) is 0 Å². The van der Waals surface area contributed by atoms with Gasteiger partial charge in [-0.15, -0.1) is 0 Å². The van der Waals surface area contributed by atoms with Crippen molar-refractivity contribution in [2.75, 3.05) is 0 Å².